The van der Waals surface area contributed by atoms with Gasteiger partial charge in [0, 0.05) is 12.0 Å². The van der Waals surface area contributed by atoms with E-state index >= 15 is 4.79 Å². The summed E-state index contributed by atoms with van der Waals surface area (Å²) in [4.78, 5) is 88.1. The van der Waals surface area contributed by atoms with E-state index < -0.39 is 83.3 Å². The lowest BCUT2D eigenvalue weighted by atomic mass is 9.65. The molecule has 0 aliphatic carbocycles. The number of morpholine rings is 1. The minimum atomic E-state index is -2.27. The molecule has 5 aromatic rings. The van der Waals surface area contributed by atoms with Crippen molar-refractivity contribution in [3.8, 4) is 17.6 Å². The zero-order valence-corrected chi connectivity index (χ0v) is 36.7. The van der Waals surface area contributed by atoms with Gasteiger partial charge in [0.15, 0.2) is 5.92 Å². The van der Waals surface area contributed by atoms with Crippen molar-refractivity contribution in [1.82, 2.24) is 10.2 Å². The van der Waals surface area contributed by atoms with Gasteiger partial charge >= 0.3 is 29.9 Å². The number of aliphatic carboxylic acids is 1. The number of cyclic esters (lactones) is 1. The summed E-state index contributed by atoms with van der Waals surface area (Å²) in [5.41, 5.74) is 0.438. The van der Waals surface area contributed by atoms with E-state index in [-0.39, 0.29) is 42.2 Å². The molecule has 7 atom stereocenters. The molecule has 1 spiro atoms. The Bertz CT molecular complexity index is 2740. The number of methoxy groups -OCH3 is 2. The number of aliphatic hydroxyl groups is 1. The van der Waals surface area contributed by atoms with Crippen LogP contribution in [0.3, 0.4) is 0 Å². The number of carboxylic acids is 1. The van der Waals surface area contributed by atoms with E-state index in [1.165, 1.54) is 18.2 Å². The molecule has 0 bridgehead atoms. The highest BCUT2D eigenvalue weighted by atomic mass is 16.6. The Morgan fingerprint density at radius 3 is 2.04 bits per heavy atom. The number of amides is 3. The standard InChI is InChI=1S/C52H47N3O12/c1-31(33-16-7-4-8-17-33)53-51(63)54-40-26-25-32(15-13-24-38(47(59)64-2)48(60)65-3)29-39(40)52(50(54)62)41(46(57)58)43-49(61)67-44(35-20-11-6-12-21-35)42(34-18-9-5-10-19-34)55(43)45(52)36-22-14-23-37(30-36)66-28-27-56/h4-12,14,16-23,25-26,29-31,38,41-45,56H,24,27-28H2,1-3H3,(H,53,63)(H,57,58)/t31-,41+,42+,43+,44-,45-,52+/m1/s1. The number of anilines is 1. The Hall–Kier alpha value is -7.80. The molecule has 15 heteroatoms. The first kappa shape index (κ1) is 45.8. The number of fused-ring (bicyclic) bond motifs is 3. The van der Waals surface area contributed by atoms with Crippen LogP contribution in [-0.4, -0.2) is 84.4 Å². The number of nitrogens with zero attached hydrogens (tertiary/aromatic N) is 2. The minimum Gasteiger partial charge on any atom is -0.491 e. The van der Waals surface area contributed by atoms with Crippen molar-refractivity contribution < 1.29 is 57.9 Å². The highest BCUT2D eigenvalue weighted by Gasteiger charge is 2.76. The largest absolute Gasteiger partial charge is 0.491 e. The fourth-order valence-electron chi connectivity index (χ4n) is 9.78. The second kappa shape index (κ2) is 19.4. The molecule has 0 saturated carbocycles. The molecule has 67 heavy (non-hydrogen) atoms. The number of imide groups is 1. The average Bonchev–Trinajstić information content (AvgIpc) is 3.81. The van der Waals surface area contributed by atoms with Crippen molar-refractivity contribution in [2.45, 2.75) is 49.0 Å². The van der Waals surface area contributed by atoms with Gasteiger partial charge in [-0.25, -0.2) is 9.69 Å². The fraction of sp³-hybridized carbons (Fsp3) is 0.269. The second-order valence-electron chi connectivity index (χ2n) is 16.3. The van der Waals surface area contributed by atoms with Crippen molar-refractivity contribution in [1.29, 1.82) is 0 Å². The van der Waals surface area contributed by atoms with Crippen LogP contribution in [0.2, 0.25) is 0 Å². The maximum absolute atomic E-state index is 16.2. The Morgan fingerprint density at radius 2 is 1.42 bits per heavy atom. The van der Waals surface area contributed by atoms with E-state index in [1.807, 2.05) is 66.7 Å². The summed E-state index contributed by atoms with van der Waals surface area (Å²) < 4.78 is 21.9. The van der Waals surface area contributed by atoms with Gasteiger partial charge < -0.3 is 34.5 Å². The van der Waals surface area contributed by atoms with E-state index in [2.05, 4.69) is 17.2 Å². The highest BCUT2D eigenvalue weighted by molar-refractivity contribution is 6.24. The van der Waals surface area contributed by atoms with Crippen LogP contribution in [0.25, 0.3) is 0 Å². The lowest BCUT2D eigenvalue weighted by molar-refractivity contribution is -0.179. The molecule has 3 amide bonds. The lowest BCUT2D eigenvalue weighted by Crippen LogP contribution is -2.54. The number of aliphatic hydroxyl groups excluding tert-OH is 1. The molecule has 8 rings (SSSR count). The van der Waals surface area contributed by atoms with Crippen molar-refractivity contribution in [2.75, 3.05) is 32.3 Å². The number of nitrogens with one attached hydrogen (secondary N) is 1. The molecule has 2 fully saturated rings. The van der Waals surface area contributed by atoms with Crippen molar-refractivity contribution in [2.24, 2.45) is 11.8 Å². The van der Waals surface area contributed by atoms with Crippen LogP contribution in [0.15, 0.2) is 133 Å². The smallest absolute Gasteiger partial charge is 0.329 e. The summed E-state index contributed by atoms with van der Waals surface area (Å²) in [6, 6.07) is 33.1. The van der Waals surface area contributed by atoms with Crippen LogP contribution in [0.5, 0.6) is 5.75 Å². The van der Waals surface area contributed by atoms with Crippen LogP contribution in [-0.2, 0) is 43.6 Å². The monoisotopic (exact) mass is 905 g/mol. The number of ether oxygens (including phenoxy) is 4. The van der Waals surface area contributed by atoms with Gasteiger partial charge in [-0.1, -0.05) is 115 Å². The van der Waals surface area contributed by atoms with Gasteiger partial charge in [-0.2, -0.15) is 0 Å². The van der Waals surface area contributed by atoms with Gasteiger partial charge in [0.25, 0.3) is 0 Å². The topological polar surface area (TPSA) is 198 Å². The Morgan fingerprint density at radius 1 is 0.791 bits per heavy atom. The third-order valence-corrected chi connectivity index (χ3v) is 12.6. The van der Waals surface area contributed by atoms with E-state index in [4.69, 9.17) is 18.9 Å². The van der Waals surface area contributed by atoms with Crippen LogP contribution in [0, 0.1) is 23.7 Å². The van der Waals surface area contributed by atoms with Crippen LogP contribution < -0.4 is 15.0 Å². The molecule has 0 aromatic heterocycles. The van der Waals surface area contributed by atoms with Gasteiger partial charge in [0.2, 0.25) is 5.91 Å². The maximum Gasteiger partial charge on any atom is 0.329 e. The molecule has 3 N–H and O–H groups in total. The number of benzene rings is 5. The maximum atomic E-state index is 16.2. The quantitative estimate of drug-likeness (QED) is 0.0573. The molecule has 15 nitrogen and oxygen atoms in total. The molecule has 5 aromatic carbocycles. The van der Waals surface area contributed by atoms with Gasteiger partial charge in [-0.05, 0) is 65.1 Å². The summed E-state index contributed by atoms with van der Waals surface area (Å²) in [6.45, 7) is 1.36. The first-order chi connectivity index (χ1) is 32.5. The number of carboxylic acid groups (broad SMARTS) is 1. The molecule has 0 radical (unpaired) electrons. The lowest BCUT2D eigenvalue weighted by Gasteiger charge is -2.46. The van der Waals surface area contributed by atoms with Gasteiger partial charge in [-0.15, -0.1) is 0 Å². The predicted octanol–water partition coefficient (Wildman–Crippen LogP) is 5.98. The second-order valence-corrected chi connectivity index (χ2v) is 16.3. The van der Waals surface area contributed by atoms with Crippen LogP contribution in [0.1, 0.15) is 71.0 Å². The van der Waals surface area contributed by atoms with Crippen LogP contribution in [0.4, 0.5) is 10.5 Å². The number of hydrogen-bond donors (Lipinski definition) is 3. The van der Waals surface area contributed by atoms with Crippen LogP contribution >= 0.6 is 0 Å². The number of esters is 3. The summed E-state index contributed by atoms with van der Waals surface area (Å²) in [7, 11) is 2.26. The summed E-state index contributed by atoms with van der Waals surface area (Å²) >= 11 is 0. The molecule has 0 unspecified atom stereocenters. The van der Waals surface area contributed by atoms with Gasteiger partial charge in [0.05, 0.1) is 44.6 Å². The van der Waals surface area contributed by atoms with Crippen molar-refractivity contribution >= 4 is 41.5 Å². The normalized spacial score (nSPS) is 22.2. The van der Waals surface area contributed by atoms with Gasteiger partial charge in [-0.3, -0.25) is 28.9 Å². The first-order valence-corrected chi connectivity index (χ1v) is 21.6. The van der Waals surface area contributed by atoms with E-state index in [0.717, 1.165) is 24.7 Å². The molecular formula is C52H47N3O12. The number of carbonyl (C=O) groups excluding carboxylic acids is 5. The summed E-state index contributed by atoms with van der Waals surface area (Å²) in [5.74, 6) is -2.24. The van der Waals surface area contributed by atoms with Crippen molar-refractivity contribution in [3.63, 3.8) is 0 Å². The zero-order chi connectivity index (χ0) is 47.4. The summed E-state index contributed by atoms with van der Waals surface area (Å²) in [5, 5.41) is 24.3. The molecule has 3 aliphatic heterocycles. The fourth-order valence-corrected chi connectivity index (χ4v) is 9.78. The highest BCUT2D eigenvalue weighted by Crippen LogP contribution is 2.66. The average molecular weight is 906 g/mol. The molecule has 3 aliphatic rings. The number of rotatable bonds is 12. The predicted molar refractivity (Wildman–Crippen MR) is 241 cm³/mol. The third-order valence-electron chi connectivity index (χ3n) is 12.6. The molecule has 3 heterocycles. The van der Waals surface area contributed by atoms with E-state index in [0.29, 0.717) is 16.7 Å². The Labute approximate surface area is 386 Å². The number of carbonyl (C=O) groups is 6. The minimum absolute atomic E-state index is 0.0447. The number of urea groups is 1. The van der Waals surface area contributed by atoms with E-state index in [9.17, 15) is 34.2 Å². The third kappa shape index (κ3) is 8.26. The summed E-state index contributed by atoms with van der Waals surface area (Å²) in [6.07, 6.45) is -1.32. The number of hydrogen-bond acceptors (Lipinski definition) is 12. The van der Waals surface area contributed by atoms with E-state index in [1.54, 1.807) is 60.4 Å². The first-order valence-electron chi connectivity index (χ1n) is 21.6. The van der Waals surface area contributed by atoms with Crippen molar-refractivity contribution in [3.05, 3.63) is 167 Å². The Balaban J connectivity index is 1.40. The SMILES string of the molecule is COC(=O)C(CC#Cc1ccc2c(c1)[C@]1(C(=O)N2C(=O)N[C@H](C)c2ccccc2)[C@H](C(=O)O)[C@H]2C(=O)O[C@H](c3ccccc3)[C@H](c3ccccc3)N2[C@@H]1c1cccc(OCCO)c1)C(=O)OC. The molecule has 2 saturated heterocycles. The molecular weight excluding hydrogens is 859 g/mol. The molecule has 342 valence electrons. The Kier molecular flexibility index (Phi) is 13.2. The van der Waals surface area contributed by atoms with Gasteiger partial charge in [0.1, 0.15) is 35.8 Å². The zero-order valence-electron chi connectivity index (χ0n) is 36.7.